The van der Waals surface area contributed by atoms with Crippen LogP contribution in [0.3, 0.4) is 0 Å². The molecule has 0 bridgehead atoms. The van der Waals surface area contributed by atoms with Crippen LogP contribution in [0, 0.1) is 5.92 Å². The van der Waals surface area contributed by atoms with E-state index in [-0.39, 0.29) is 17.7 Å². The first-order valence-corrected chi connectivity index (χ1v) is 9.22. The molecule has 5 nitrogen and oxygen atoms in total. The van der Waals surface area contributed by atoms with Crippen LogP contribution >= 0.6 is 0 Å². The number of fused-ring (bicyclic) bond motifs is 1. The second-order valence-corrected chi connectivity index (χ2v) is 7.16. The van der Waals surface area contributed by atoms with Crippen molar-refractivity contribution in [2.45, 2.75) is 50.9 Å². The molecule has 2 amide bonds. The van der Waals surface area contributed by atoms with Crippen LogP contribution in [0.4, 0.5) is 0 Å². The van der Waals surface area contributed by atoms with Crippen LogP contribution < -0.4 is 10.9 Å². The molecular weight excluding hydrogens is 314 g/mol. The Kier molecular flexibility index (Phi) is 4.38. The lowest BCUT2D eigenvalue weighted by molar-refractivity contribution is -0.126. The van der Waals surface area contributed by atoms with E-state index in [1.807, 2.05) is 30.3 Å². The summed E-state index contributed by atoms with van der Waals surface area (Å²) in [5.74, 6) is 0.136. The molecule has 0 unspecified atom stereocenters. The molecule has 1 aromatic carbocycles. The Bertz CT molecular complexity index is 808. The maximum atomic E-state index is 12.7. The summed E-state index contributed by atoms with van der Waals surface area (Å²) in [5, 5.41) is 0.816. The summed E-state index contributed by atoms with van der Waals surface area (Å²) in [5.41, 5.74) is 7.61. The molecule has 0 saturated heterocycles. The van der Waals surface area contributed by atoms with Gasteiger partial charge in [-0.25, -0.2) is 0 Å². The van der Waals surface area contributed by atoms with Crippen molar-refractivity contribution in [3.8, 4) is 0 Å². The van der Waals surface area contributed by atoms with Gasteiger partial charge < -0.3 is 0 Å². The highest BCUT2D eigenvalue weighted by molar-refractivity contribution is 6.06. The van der Waals surface area contributed by atoms with Gasteiger partial charge in [0, 0.05) is 22.9 Å². The van der Waals surface area contributed by atoms with Crippen molar-refractivity contribution in [3.63, 3.8) is 0 Å². The van der Waals surface area contributed by atoms with Gasteiger partial charge in [-0.15, -0.1) is 0 Å². The maximum Gasteiger partial charge on any atom is 0.270 e. The third kappa shape index (κ3) is 3.50. The molecule has 2 aliphatic rings. The van der Waals surface area contributed by atoms with Crippen molar-refractivity contribution in [1.29, 1.82) is 0 Å². The van der Waals surface area contributed by atoms with Crippen LogP contribution in [0.5, 0.6) is 0 Å². The van der Waals surface area contributed by atoms with E-state index in [4.69, 9.17) is 0 Å². The normalized spacial score (nSPS) is 18.1. The van der Waals surface area contributed by atoms with E-state index >= 15 is 0 Å². The first-order chi connectivity index (χ1) is 12.2. The van der Waals surface area contributed by atoms with Gasteiger partial charge >= 0.3 is 0 Å². The number of amides is 2. The van der Waals surface area contributed by atoms with Gasteiger partial charge in [0.05, 0.1) is 11.1 Å². The molecule has 0 spiro atoms. The van der Waals surface area contributed by atoms with Crippen LogP contribution in [0.2, 0.25) is 0 Å². The molecule has 2 saturated carbocycles. The van der Waals surface area contributed by atoms with Gasteiger partial charge in [0.25, 0.3) is 5.91 Å². The van der Waals surface area contributed by atoms with E-state index in [9.17, 15) is 9.59 Å². The summed E-state index contributed by atoms with van der Waals surface area (Å²) in [6.45, 7) is 0. The number of nitrogens with one attached hydrogen (secondary N) is 2. The first kappa shape index (κ1) is 16.1. The third-order valence-electron chi connectivity index (χ3n) is 5.25. The van der Waals surface area contributed by atoms with Crippen LogP contribution in [0.15, 0.2) is 30.3 Å². The van der Waals surface area contributed by atoms with Crippen molar-refractivity contribution in [2.75, 3.05) is 0 Å². The highest BCUT2D eigenvalue weighted by Gasteiger charge is 2.27. The predicted molar refractivity (Wildman–Crippen MR) is 95.9 cm³/mol. The van der Waals surface area contributed by atoms with Gasteiger partial charge in [0.1, 0.15) is 0 Å². The summed E-state index contributed by atoms with van der Waals surface area (Å²) >= 11 is 0. The Balaban J connectivity index is 1.52. The van der Waals surface area contributed by atoms with Gasteiger partial charge in [0.15, 0.2) is 0 Å². The van der Waals surface area contributed by atoms with E-state index in [2.05, 4.69) is 15.8 Å². The number of hydrogen-bond donors (Lipinski definition) is 2. The lowest BCUT2D eigenvalue weighted by Crippen LogP contribution is -2.45. The molecule has 130 valence electrons. The molecule has 1 aromatic heterocycles. The quantitative estimate of drug-likeness (QED) is 0.843. The molecule has 4 rings (SSSR count). The van der Waals surface area contributed by atoms with Crippen LogP contribution in [0.25, 0.3) is 10.9 Å². The SMILES string of the molecule is O=C(NNC(=O)C1CCCCC1)c1cc(C2CC2)nc2ccccc12. The van der Waals surface area contributed by atoms with E-state index in [1.165, 1.54) is 6.42 Å². The minimum atomic E-state index is -0.273. The van der Waals surface area contributed by atoms with Crippen LogP contribution in [0.1, 0.15) is 66.9 Å². The number of hydrogen-bond acceptors (Lipinski definition) is 3. The Hall–Kier alpha value is -2.43. The van der Waals surface area contributed by atoms with Gasteiger partial charge in [0.2, 0.25) is 5.91 Å². The van der Waals surface area contributed by atoms with Gasteiger partial charge in [-0.1, -0.05) is 37.5 Å². The zero-order valence-electron chi connectivity index (χ0n) is 14.3. The zero-order valence-corrected chi connectivity index (χ0v) is 14.3. The van der Waals surface area contributed by atoms with Crippen molar-refractivity contribution in [3.05, 3.63) is 41.6 Å². The monoisotopic (exact) mass is 337 g/mol. The fourth-order valence-electron chi connectivity index (χ4n) is 3.62. The Morgan fingerprint density at radius 3 is 2.48 bits per heavy atom. The molecule has 0 radical (unpaired) electrons. The molecule has 2 fully saturated rings. The van der Waals surface area contributed by atoms with Crippen molar-refractivity contribution in [1.82, 2.24) is 15.8 Å². The van der Waals surface area contributed by atoms with E-state index < -0.39 is 0 Å². The second kappa shape index (κ2) is 6.82. The highest BCUT2D eigenvalue weighted by Crippen LogP contribution is 2.40. The predicted octanol–water partition coefficient (Wildman–Crippen LogP) is 3.45. The average Bonchev–Trinajstić information content (AvgIpc) is 3.51. The van der Waals surface area contributed by atoms with Crippen LogP contribution in [-0.4, -0.2) is 16.8 Å². The molecule has 2 N–H and O–H groups in total. The first-order valence-electron chi connectivity index (χ1n) is 9.22. The smallest absolute Gasteiger partial charge is 0.270 e. The summed E-state index contributed by atoms with van der Waals surface area (Å²) < 4.78 is 0. The number of benzene rings is 1. The number of rotatable bonds is 3. The molecule has 1 heterocycles. The number of nitrogens with zero attached hydrogens (tertiary/aromatic N) is 1. The van der Waals surface area contributed by atoms with Crippen molar-refractivity contribution in [2.24, 2.45) is 5.92 Å². The summed E-state index contributed by atoms with van der Waals surface area (Å²) in [6.07, 6.45) is 7.45. The largest absolute Gasteiger partial charge is 0.273 e. The van der Waals surface area contributed by atoms with E-state index in [0.717, 1.165) is 55.1 Å². The average molecular weight is 337 g/mol. The molecule has 2 aromatic rings. The third-order valence-corrected chi connectivity index (χ3v) is 5.25. The molecule has 25 heavy (non-hydrogen) atoms. The number of pyridine rings is 1. The maximum absolute atomic E-state index is 12.7. The fourth-order valence-corrected chi connectivity index (χ4v) is 3.62. The fraction of sp³-hybridized carbons (Fsp3) is 0.450. The van der Waals surface area contributed by atoms with Crippen LogP contribution in [-0.2, 0) is 4.79 Å². The molecule has 5 heteroatoms. The lowest BCUT2D eigenvalue weighted by atomic mass is 9.89. The highest BCUT2D eigenvalue weighted by atomic mass is 16.2. The minimum Gasteiger partial charge on any atom is -0.273 e. The minimum absolute atomic E-state index is 0.0188. The second-order valence-electron chi connectivity index (χ2n) is 7.16. The molecular formula is C20H23N3O2. The zero-order chi connectivity index (χ0) is 17.2. The number of hydrazine groups is 1. The summed E-state index contributed by atoms with van der Waals surface area (Å²) in [7, 11) is 0. The van der Waals surface area contributed by atoms with Gasteiger partial charge in [-0.2, -0.15) is 0 Å². The van der Waals surface area contributed by atoms with Gasteiger partial charge in [-0.05, 0) is 37.8 Å². The summed E-state index contributed by atoms with van der Waals surface area (Å²) in [6, 6.07) is 9.54. The Labute approximate surface area is 147 Å². The van der Waals surface area contributed by atoms with E-state index in [1.54, 1.807) is 0 Å². The molecule has 0 aliphatic heterocycles. The topological polar surface area (TPSA) is 71.1 Å². The number of carbonyl (C=O) groups excluding carboxylic acids is 2. The van der Waals surface area contributed by atoms with Crippen molar-refractivity contribution < 1.29 is 9.59 Å². The number of carbonyl (C=O) groups is 2. The summed E-state index contributed by atoms with van der Waals surface area (Å²) in [4.78, 5) is 29.6. The number of para-hydroxylation sites is 1. The molecule has 0 atom stereocenters. The molecule has 2 aliphatic carbocycles. The Morgan fingerprint density at radius 2 is 1.72 bits per heavy atom. The van der Waals surface area contributed by atoms with E-state index in [0.29, 0.717) is 11.5 Å². The van der Waals surface area contributed by atoms with Crippen molar-refractivity contribution >= 4 is 22.7 Å². The standard InChI is InChI=1S/C20H23N3O2/c24-19(14-6-2-1-3-7-14)22-23-20(25)16-12-18(13-10-11-13)21-17-9-5-4-8-15(16)17/h4-5,8-9,12-14H,1-3,6-7,10-11H2,(H,22,24)(H,23,25). The van der Waals surface area contributed by atoms with Gasteiger partial charge in [-0.3, -0.25) is 25.4 Å². The lowest BCUT2D eigenvalue weighted by Gasteiger charge is -2.21. The number of aromatic nitrogens is 1. The Morgan fingerprint density at radius 1 is 0.960 bits per heavy atom.